The van der Waals surface area contributed by atoms with Crippen molar-refractivity contribution in [1.82, 2.24) is 0 Å². The molecular formula is C29H33Cl2N2NaO6S2. The Morgan fingerprint density at radius 2 is 1.43 bits per heavy atom. The minimum absolute atomic E-state index is 0. The maximum atomic E-state index is 11.3. The van der Waals surface area contributed by atoms with Gasteiger partial charge in [-0.1, -0.05) is 43.1 Å². The molecule has 42 heavy (non-hydrogen) atoms. The number of anilines is 1. The molecule has 0 radical (unpaired) electrons. The van der Waals surface area contributed by atoms with Gasteiger partial charge in [-0.25, -0.2) is 16.8 Å². The van der Waals surface area contributed by atoms with Crippen molar-refractivity contribution in [2.45, 2.75) is 51.4 Å². The van der Waals surface area contributed by atoms with Crippen LogP contribution in [-0.2, 0) is 31.1 Å². The summed E-state index contributed by atoms with van der Waals surface area (Å²) in [7, 11) is -8.69. The Hall–Kier alpha value is -1.21. The second kappa shape index (κ2) is 13.0. The second-order valence-corrected chi connectivity index (χ2v) is 15.3. The molecule has 2 aromatic rings. The Balaban J connectivity index is 0.00000484. The number of fused-ring (bicyclic) bond motifs is 2. The largest absolute Gasteiger partial charge is 1.00 e. The number of rotatable bonds is 10. The zero-order chi connectivity index (χ0) is 30.4. The molecule has 0 spiro atoms. The Morgan fingerprint density at radius 3 is 2.05 bits per heavy atom. The number of hydrogen-bond acceptors (Lipinski definition) is 7. The minimum atomic E-state index is -4.35. The third-order valence-electron chi connectivity index (χ3n) is 7.77. The summed E-state index contributed by atoms with van der Waals surface area (Å²) in [6.45, 7) is 8.92. The zero-order valence-corrected chi connectivity index (χ0v) is 29.5. The van der Waals surface area contributed by atoms with Crippen LogP contribution in [0.2, 0.25) is 10.0 Å². The summed E-state index contributed by atoms with van der Waals surface area (Å²) in [4.78, 5) is 2.02. The van der Waals surface area contributed by atoms with Gasteiger partial charge < -0.3 is 14.0 Å². The predicted molar refractivity (Wildman–Crippen MR) is 162 cm³/mol. The van der Waals surface area contributed by atoms with Crippen LogP contribution in [0.3, 0.4) is 0 Å². The molecule has 0 aliphatic carbocycles. The molecule has 2 heterocycles. The fourth-order valence-corrected chi connectivity index (χ4v) is 7.12. The fraction of sp³-hybridized carbons (Fsp3) is 0.414. The molecule has 0 aromatic heterocycles. The number of allylic oxidation sites excluding steroid dienone is 4. The van der Waals surface area contributed by atoms with Crippen LogP contribution in [0.5, 0.6) is 0 Å². The van der Waals surface area contributed by atoms with Gasteiger partial charge >= 0.3 is 29.6 Å². The van der Waals surface area contributed by atoms with Crippen LogP contribution in [0.25, 0.3) is 0 Å². The fourth-order valence-electron chi connectivity index (χ4n) is 5.81. The average molecular weight is 664 g/mol. The van der Waals surface area contributed by atoms with E-state index >= 15 is 0 Å². The molecule has 0 unspecified atom stereocenters. The number of nitrogens with zero attached hydrogens (tertiary/aromatic N) is 2. The van der Waals surface area contributed by atoms with E-state index in [-0.39, 0.29) is 42.4 Å². The van der Waals surface area contributed by atoms with Gasteiger partial charge in [0.1, 0.15) is 6.54 Å². The predicted octanol–water partition coefficient (Wildman–Crippen LogP) is 2.48. The zero-order valence-electron chi connectivity index (χ0n) is 24.4. The van der Waals surface area contributed by atoms with E-state index in [1.807, 2.05) is 52.0 Å². The first-order valence-corrected chi connectivity index (χ1v) is 17.1. The number of hydrogen-bond donors (Lipinski definition) is 0. The van der Waals surface area contributed by atoms with Crippen LogP contribution in [0.15, 0.2) is 60.3 Å². The molecule has 222 valence electrons. The van der Waals surface area contributed by atoms with E-state index in [0.717, 1.165) is 33.9 Å². The third kappa shape index (κ3) is 7.71. The maximum Gasteiger partial charge on any atom is 1.00 e. The van der Waals surface area contributed by atoms with Crippen LogP contribution in [0.4, 0.5) is 11.4 Å². The van der Waals surface area contributed by atoms with Crippen LogP contribution >= 0.6 is 23.2 Å². The monoisotopic (exact) mass is 662 g/mol. The number of benzene rings is 2. The van der Waals surface area contributed by atoms with Crippen molar-refractivity contribution in [3.63, 3.8) is 0 Å². The molecule has 0 bridgehead atoms. The van der Waals surface area contributed by atoms with Crippen LogP contribution in [0.1, 0.15) is 51.7 Å². The summed E-state index contributed by atoms with van der Waals surface area (Å²) in [5.74, 6) is -0.923. The molecule has 0 saturated carbocycles. The van der Waals surface area contributed by atoms with E-state index in [4.69, 9.17) is 23.2 Å². The van der Waals surface area contributed by atoms with Crippen molar-refractivity contribution in [2.24, 2.45) is 0 Å². The van der Waals surface area contributed by atoms with E-state index in [2.05, 4.69) is 27.7 Å². The van der Waals surface area contributed by atoms with Crippen molar-refractivity contribution in [3.8, 4) is 0 Å². The molecule has 4 rings (SSSR count). The molecule has 0 atom stereocenters. The smallest absolute Gasteiger partial charge is 0.748 e. The second-order valence-electron chi connectivity index (χ2n) is 11.4. The van der Waals surface area contributed by atoms with E-state index in [1.165, 1.54) is 0 Å². The summed E-state index contributed by atoms with van der Waals surface area (Å²) in [6.07, 6.45) is 6.20. The first kappa shape index (κ1) is 35.3. The third-order valence-corrected chi connectivity index (χ3v) is 9.82. The van der Waals surface area contributed by atoms with Gasteiger partial charge in [0.25, 0.3) is 0 Å². The standard InChI is InChI=1S/C29H34Cl2N2O6S2.Na/c1-28(2)22-18-20(30)10-12-24(22)32(14-6-16-40(34,35)36)26(28)8-5-9-27-29(3,4)23-19-21(31)11-13-25(23)33(27)15-7-17-41(37,38)39;/h5,8-13,18-19H,6-7,14-17H2,1-4H3,(H-,34,35,36,37,38,39);/q;+1/p-1. The van der Waals surface area contributed by atoms with Gasteiger partial charge in [0.05, 0.1) is 25.7 Å². The summed E-state index contributed by atoms with van der Waals surface area (Å²) < 4.78 is 69.7. The molecule has 13 heteroatoms. The molecule has 2 aliphatic heterocycles. The normalized spacial score (nSPS) is 18.5. The SMILES string of the molecule is CC1(C)C(=CC=CC2=[N+](CCCS(=O)(=O)[O-])c3ccc(Cl)cc3C2(C)C)N(CCCS(=O)(=O)[O-])c2ccc(Cl)cc21.[Na+]. The molecule has 0 fully saturated rings. The first-order valence-electron chi connectivity index (χ1n) is 13.2. The topological polar surface area (TPSA) is 121 Å². The minimum Gasteiger partial charge on any atom is -0.748 e. The Labute approximate surface area is 280 Å². The van der Waals surface area contributed by atoms with E-state index < -0.39 is 42.6 Å². The quantitative estimate of drug-likeness (QED) is 0.218. The van der Waals surface area contributed by atoms with Crippen molar-refractivity contribution >= 4 is 60.5 Å². The maximum absolute atomic E-state index is 11.3. The molecular weight excluding hydrogens is 630 g/mol. The van der Waals surface area contributed by atoms with E-state index in [1.54, 1.807) is 12.1 Å². The van der Waals surface area contributed by atoms with Gasteiger partial charge in [0.2, 0.25) is 5.69 Å². The van der Waals surface area contributed by atoms with Gasteiger partial charge in [0, 0.05) is 69.0 Å². The summed E-state index contributed by atoms with van der Waals surface area (Å²) in [6, 6.07) is 11.2. The van der Waals surface area contributed by atoms with Crippen molar-refractivity contribution < 1.29 is 60.1 Å². The summed E-state index contributed by atoms with van der Waals surface area (Å²) >= 11 is 12.7. The average Bonchev–Trinajstić information content (AvgIpc) is 3.16. The van der Waals surface area contributed by atoms with Gasteiger partial charge in [-0.15, -0.1) is 0 Å². The van der Waals surface area contributed by atoms with Crippen molar-refractivity contribution in [1.29, 1.82) is 0 Å². The van der Waals surface area contributed by atoms with E-state index in [9.17, 15) is 25.9 Å². The van der Waals surface area contributed by atoms with Crippen molar-refractivity contribution in [3.05, 3.63) is 81.5 Å². The molecule has 8 nitrogen and oxygen atoms in total. The molecule has 2 aromatic carbocycles. The van der Waals surface area contributed by atoms with Gasteiger partial charge in [-0.05, 0) is 62.2 Å². The molecule has 0 saturated heterocycles. The first-order chi connectivity index (χ1) is 18.9. The molecule has 0 amide bonds. The Kier molecular flexibility index (Phi) is 10.9. The van der Waals surface area contributed by atoms with Gasteiger partial charge in [-0.2, -0.15) is 4.58 Å². The summed E-state index contributed by atoms with van der Waals surface area (Å²) in [5, 5.41) is 1.18. The van der Waals surface area contributed by atoms with Crippen LogP contribution in [0, 0.1) is 0 Å². The molecule has 2 aliphatic rings. The van der Waals surface area contributed by atoms with E-state index in [0.29, 0.717) is 23.1 Å². The van der Waals surface area contributed by atoms with Crippen LogP contribution < -0.4 is 34.5 Å². The van der Waals surface area contributed by atoms with Crippen molar-refractivity contribution in [2.75, 3.05) is 29.5 Å². The van der Waals surface area contributed by atoms with Crippen LogP contribution in [-0.4, -0.2) is 60.8 Å². The Morgan fingerprint density at radius 1 is 0.857 bits per heavy atom. The summed E-state index contributed by atoms with van der Waals surface area (Å²) in [5.41, 5.74) is 4.69. The van der Waals surface area contributed by atoms with Gasteiger partial charge in [-0.3, -0.25) is 0 Å². The molecule has 0 N–H and O–H groups in total. The number of halogens is 2. The Bertz CT molecular complexity index is 1680. The van der Waals surface area contributed by atoms with Gasteiger partial charge in [0.15, 0.2) is 5.71 Å².